The number of furan rings is 1. The van der Waals surface area contributed by atoms with Crippen molar-refractivity contribution >= 4 is 11.0 Å². The summed E-state index contributed by atoms with van der Waals surface area (Å²) in [5.74, 6) is 2.29. The van der Waals surface area contributed by atoms with E-state index in [-0.39, 0.29) is 11.5 Å². The Bertz CT molecular complexity index is 765. The molecule has 3 rings (SSSR count). The summed E-state index contributed by atoms with van der Waals surface area (Å²) >= 11 is 0. The lowest BCUT2D eigenvalue weighted by Crippen LogP contribution is -2.22. The van der Waals surface area contributed by atoms with Crippen molar-refractivity contribution in [2.24, 2.45) is 0 Å². The summed E-state index contributed by atoms with van der Waals surface area (Å²) in [5.41, 5.74) is 0.806. The molecule has 0 aliphatic heterocycles. The molecule has 0 fully saturated rings. The summed E-state index contributed by atoms with van der Waals surface area (Å²) in [5, 5.41) is 5.19. The molecular weight excluding hydrogens is 290 g/mol. The van der Waals surface area contributed by atoms with Crippen LogP contribution in [0.1, 0.15) is 51.2 Å². The molecule has 0 saturated heterocycles. The maximum absolute atomic E-state index is 5.94. The Morgan fingerprint density at radius 1 is 1.22 bits per heavy atom. The second-order valence-corrected chi connectivity index (χ2v) is 7.04. The predicted octanol–water partition coefficient (Wildman–Crippen LogP) is 4.31. The molecule has 0 aliphatic rings. The van der Waals surface area contributed by atoms with Gasteiger partial charge in [0.25, 0.3) is 0 Å². The number of fused-ring (bicyclic) bond motifs is 1. The molecule has 3 aromatic rings. The molecule has 2 heterocycles. The Kier molecular flexibility index (Phi) is 3.98. The minimum absolute atomic E-state index is 0.106. The van der Waals surface area contributed by atoms with Crippen LogP contribution in [0.4, 0.5) is 0 Å². The Balaban J connectivity index is 1.74. The van der Waals surface area contributed by atoms with E-state index in [1.54, 1.807) is 0 Å². The molecule has 0 spiro atoms. The number of para-hydroxylation sites is 1. The van der Waals surface area contributed by atoms with Gasteiger partial charge in [-0.3, -0.25) is 4.90 Å². The Morgan fingerprint density at radius 3 is 2.61 bits per heavy atom. The van der Waals surface area contributed by atoms with E-state index in [4.69, 9.17) is 8.94 Å². The molecule has 5 nitrogen and oxygen atoms in total. The van der Waals surface area contributed by atoms with Crippen LogP contribution in [-0.4, -0.2) is 22.1 Å². The number of nitrogens with zero attached hydrogens (tertiary/aromatic N) is 3. The fraction of sp³-hybridized carbons (Fsp3) is 0.444. The maximum atomic E-state index is 5.94. The van der Waals surface area contributed by atoms with Crippen molar-refractivity contribution < 1.29 is 8.94 Å². The van der Waals surface area contributed by atoms with Gasteiger partial charge in [0.15, 0.2) is 5.82 Å². The summed E-state index contributed by atoms with van der Waals surface area (Å²) in [4.78, 5) is 6.63. The van der Waals surface area contributed by atoms with Crippen LogP contribution in [0.15, 0.2) is 39.3 Å². The average molecular weight is 313 g/mol. The highest BCUT2D eigenvalue weighted by atomic mass is 16.5. The van der Waals surface area contributed by atoms with Crippen LogP contribution in [0, 0.1) is 0 Å². The predicted molar refractivity (Wildman–Crippen MR) is 89.1 cm³/mol. The van der Waals surface area contributed by atoms with Crippen molar-refractivity contribution in [3.05, 3.63) is 47.8 Å². The molecule has 0 aliphatic carbocycles. The molecule has 0 amide bonds. The van der Waals surface area contributed by atoms with Gasteiger partial charge in [0.1, 0.15) is 11.3 Å². The van der Waals surface area contributed by atoms with Crippen LogP contribution in [-0.2, 0) is 12.0 Å². The van der Waals surface area contributed by atoms with Crippen molar-refractivity contribution in [1.29, 1.82) is 0 Å². The lowest BCUT2D eigenvalue weighted by molar-refractivity contribution is 0.197. The van der Waals surface area contributed by atoms with E-state index >= 15 is 0 Å². The van der Waals surface area contributed by atoms with Crippen LogP contribution < -0.4 is 0 Å². The molecule has 122 valence electrons. The highest BCUT2D eigenvalue weighted by Gasteiger charge is 2.23. The van der Waals surface area contributed by atoms with E-state index in [0.29, 0.717) is 12.4 Å². The number of benzene rings is 1. The van der Waals surface area contributed by atoms with Gasteiger partial charge in [-0.05, 0) is 26.1 Å². The highest BCUT2D eigenvalue weighted by molar-refractivity contribution is 5.77. The van der Waals surface area contributed by atoms with Crippen LogP contribution in [0.5, 0.6) is 0 Å². The third-order valence-corrected chi connectivity index (χ3v) is 4.04. The zero-order valence-corrected chi connectivity index (χ0v) is 14.3. The Morgan fingerprint density at radius 2 is 1.96 bits per heavy atom. The number of hydrogen-bond acceptors (Lipinski definition) is 5. The monoisotopic (exact) mass is 313 g/mol. The van der Waals surface area contributed by atoms with Crippen molar-refractivity contribution in [1.82, 2.24) is 15.0 Å². The van der Waals surface area contributed by atoms with Crippen LogP contribution in [0.2, 0.25) is 0 Å². The zero-order valence-electron chi connectivity index (χ0n) is 14.3. The summed E-state index contributed by atoms with van der Waals surface area (Å²) in [7, 11) is 2.03. The standard InChI is InChI=1S/C18H23N3O2/c1-12(15-10-13-8-6-7-9-14(13)22-15)21(5)11-16-19-17(20-23-16)18(2,3)4/h6-10,12H,11H2,1-5H3/t12-/m1/s1. The molecule has 5 heteroatoms. The van der Waals surface area contributed by atoms with E-state index in [0.717, 1.165) is 22.6 Å². The first-order valence-corrected chi connectivity index (χ1v) is 7.86. The van der Waals surface area contributed by atoms with Gasteiger partial charge in [0, 0.05) is 10.8 Å². The van der Waals surface area contributed by atoms with Gasteiger partial charge in [0.05, 0.1) is 12.6 Å². The highest BCUT2D eigenvalue weighted by Crippen LogP contribution is 2.27. The summed E-state index contributed by atoms with van der Waals surface area (Å²) in [6, 6.07) is 10.2. The summed E-state index contributed by atoms with van der Waals surface area (Å²) in [6.07, 6.45) is 0. The maximum Gasteiger partial charge on any atom is 0.240 e. The first-order valence-electron chi connectivity index (χ1n) is 7.86. The molecule has 1 aromatic carbocycles. The van der Waals surface area contributed by atoms with Crippen molar-refractivity contribution in [3.63, 3.8) is 0 Å². The van der Waals surface area contributed by atoms with Crippen LogP contribution in [0.25, 0.3) is 11.0 Å². The van der Waals surface area contributed by atoms with Gasteiger partial charge in [-0.15, -0.1) is 0 Å². The van der Waals surface area contributed by atoms with E-state index in [2.05, 4.69) is 54.9 Å². The van der Waals surface area contributed by atoms with Crippen LogP contribution >= 0.6 is 0 Å². The van der Waals surface area contributed by atoms with Gasteiger partial charge >= 0.3 is 0 Å². The SMILES string of the molecule is C[C@H](c1cc2ccccc2o1)N(C)Cc1nc(C(C)(C)C)no1. The lowest BCUT2D eigenvalue weighted by Gasteiger charge is -2.20. The van der Waals surface area contributed by atoms with Crippen LogP contribution in [0.3, 0.4) is 0 Å². The first kappa shape index (κ1) is 15.7. The van der Waals surface area contributed by atoms with E-state index in [1.165, 1.54) is 0 Å². The quantitative estimate of drug-likeness (QED) is 0.718. The number of aromatic nitrogens is 2. The van der Waals surface area contributed by atoms with Gasteiger partial charge in [-0.25, -0.2) is 0 Å². The van der Waals surface area contributed by atoms with E-state index < -0.39 is 0 Å². The summed E-state index contributed by atoms with van der Waals surface area (Å²) < 4.78 is 11.3. The third kappa shape index (κ3) is 3.29. The summed E-state index contributed by atoms with van der Waals surface area (Å²) in [6.45, 7) is 8.91. The van der Waals surface area contributed by atoms with Crippen molar-refractivity contribution in [2.45, 2.75) is 45.7 Å². The number of hydrogen-bond donors (Lipinski definition) is 0. The van der Waals surface area contributed by atoms with Crippen molar-refractivity contribution in [2.75, 3.05) is 7.05 Å². The Hall–Kier alpha value is -2.14. The zero-order chi connectivity index (χ0) is 16.6. The second kappa shape index (κ2) is 5.81. The molecule has 0 N–H and O–H groups in total. The van der Waals surface area contributed by atoms with Gasteiger partial charge < -0.3 is 8.94 Å². The Labute approximate surface area is 136 Å². The topological polar surface area (TPSA) is 55.3 Å². The first-order chi connectivity index (χ1) is 10.8. The molecule has 0 unspecified atom stereocenters. The number of rotatable bonds is 4. The molecule has 0 bridgehead atoms. The average Bonchev–Trinajstić information content (AvgIpc) is 3.11. The van der Waals surface area contributed by atoms with Gasteiger partial charge in [0.2, 0.25) is 5.89 Å². The fourth-order valence-corrected chi connectivity index (χ4v) is 2.40. The minimum atomic E-state index is -0.106. The second-order valence-electron chi connectivity index (χ2n) is 7.04. The minimum Gasteiger partial charge on any atom is -0.459 e. The van der Waals surface area contributed by atoms with Gasteiger partial charge in [-0.2, -0.15) is 4.98 Å². The van der Waals surface area contributed by atoms with E-state index in [1.807, 2.05) is 25.2 Å². The lowest BCUT2D eigenvalue weighted by atomic mass is 9.96. The smallest absolute Gasteiger partial charge is 0.240 e. The molecule has 0 radical (unpaired) electrons. The molecular formula is C18H23N3O2. The molecule has 2 aromatic heterocycles. The largest absolute Gasteiger partial charge is 0.459 e. The molecule has 1 atom stereocenters. The van der Waals surface area contributed by atoms with Crippen molar-refractivity contribution in [3.8, 4) is 0 Å². The third-order valence-electron chi connectivity index (χ3n) is 4.04. The normalized spacial score (nSPS) is 13.8. The molecule has 0 saturated carbocycles. The van der Waals surface area contributed by atoms with Gasteiger partial charge in [-0.1, -0.05) is 44.1 Å². The fourth-order valence-electron chi connectivity index (χ4n) is 2.40. The van der Waals surface area contributed by atoms with E-state index in [9.17, 15) is 0 Å². The molecule has 23 heavy (non-hydrogen) atoms.